The van der Waals surface area contributed by atoms with E-state index in [4.69, 9.17) is 38.1 Å². The molecule has 0 aliphatic rings. The van der Waals surface area contributed by atoms with Crippen LogP contribution in [0.25, 0.3) is 0 Å². The summed E-state index contributed by atoms with van der Waals surface area (Å²) in [7, 11) is 2.50. The maximum absolute atomic E-state index is 6.20. The maximum Gasteiger partial charge on any atom is 0.326 e. The monoisotopic (exact) mass is 374 g/mol. The van der Waals surface area contributed by atoms with Crippen molar-refractivity contribution in [1.82, 2.24) is 0 Å². The highest BCUT2D eigenvalue weighted by molar-refractivity contribution is 4.65. The molecule has 8 N–H and O–H groups in total. The van der Waals surface area contributed by atoms with Crippen LogP contribution in [0, 0.1) is 0 Å². The first kappa shape index (κ1) is 24.5. The van der Waals surface area contributed by atoms with Gasteiger partial charge in [-0.25, -0.2) is 9.78 Å². The Morgan fingerprint density at radius 1 is 0.680 bits per heavy atom. The van der Waals surface area contributed by atoms with E-state index < -0.39 is 21.2 Å². The van der Waals surface area contributed by atoms with E-state index in [1.54, 1.807) is 27.7 Å². The SMILES string of the molecule is CCC(CC)(O[N+](N)(N)C(CC)(CC)OOOC)[N+](N)(N)OOOC. The van der Waals surface area contributed by atoms with E-state index in [1.807, 2.05) is 0 Å². The molecular formula is C12H34N6O7+2. The Hall–Kier alpha value is -0.520. The second-order valence-electron chi connectivity index (χ2n) is 5.44. The molecule has 0 bridgehead atoms. The van der Waals surface area contributed by atoms with Crippen molar-refractivity contribution in [3.05, 3.63) is 0 Å². The molecule has 13 nitrogen and oxygen atoms in total. The fraction of sp³-hybridized carbons (Fsp3) is 1.00. The van der Waals surface area contributed by atoms with Crippen LogP contribution in [0.1, 0.15) is 53.4 Å². The summed E-state index contributed by atoms with van der Waals surface area (Å²) in [5.41, 5.74) is -2.75. The van der Waals surface area contributed by atoms with Crippen LogP contribution in [0.2, 0.25) is 0 Å². The highest BCUT2D eigenvalue weighted by Gasteiger charge is 2.63. The van der Waals surface area contributed by atoms with Crippen molar-refractivity contribution in [1.29, 1.82) is 0 Å². The standard InChI is InChI=1S/C12H34N6O7/c1-7-11(8-2,18(15,16)23-25-20-6)21-17(13,14)12(9-3,10-4)22-24-19-5/h7-10,13-16H2,1-6H3/q+2. The highest BCUT2D eigenvalue weighted by atomic mass is 17.6. The number of rotatable bonds is 14. The zero-order chi connectivity index (χ0) is 19.8. The molecule has 0 heterocycles. The second kappa shape index (κ2) is 9.98. The van der Waals surface area contributed by atoms with Crippen molar-refractivity contribution in [3.63, 3.8) is 0 Å². The van der Waals surface area contributed by atoms with Crippen LogP contribution in [0.15, 0.2) is 0 Å². The molecule has 0 atom stereocenters. The molecule has 0 amide bonds. The smallest absolute Gasteiger partial charge is 0.209 e. The molecule has 0 rings (SSSR count). The summed E-state index contributed by atoms with van der Waals surface area (Å²) >= 11 is 0. The molecule has 0 saturated carbocycles. The van der Waals surface area contributed by atoms with E-state index in [2.05, 4.69) is 19.9 Å². The lowest BCUT2D eigenvalue weighted by Gasteiger charge is -2.45. The molecule has 0 unspecified atom stereocenters. The molecule has 0 aromatic rings. The summed E-state index contributed by atoms with van der Waals surface area (Å²) < 4.78 is 0. The number of nitrogens with zero attached hydrogens (tertiary/aromatic N) is 2. The summed E-state index contributed by atoms with van der Waals surface area (Å²) in [5.74, 6) is 24.4. The normalized spacial score (nSPS) is 14.2. The van der Waals surface area contributed by atoms with E-state index in [1.165, 1.54) is 14.2 Å². The number of hydroxylamine groups is 2. The van der Waals surface area contributed by atoms with Gasteiger partial charge in [0.15, 0.2) is 0 Å². The van der Waals surface area contributed by atoms with Crippen LogP contribution in [0.3, 0.4) is 0 Å². The number of quaternary nitrogens is 2. The Balaban J connectivity index is 5.78. The van der Waals surface area contributed by atoms with Crippen LogP contribution >= 0.6 is 0 Å². The highest BCUT2D eigenvalue weighted by Crippen LogP contribution is 2.35. The topological polar surface area (TPSA) is 169 Å². The van der Waals surface area contributed by atoms with Gasteiger partial charge in [0.2, 0.25) is 0 Å². The number of hydrogen-bond donors (Lipinski definition) is 4. The molecule has 152 valence electrons. The lowest BCUT2D eigenvalue weighted by molar-refractivity contribution is -1.29. The molecule has 0 aromatic heterocycles. The molecule has 0 radical (unpaired) electrons. The Bertz CT molecular complexity index is 377. The lowest BCUT2D eigenvalue weighted by atomic mass is 10.1. The average Bonchev–Trinajstić information content (AvgIpc) is 2.58. The first-order chi connectivity index (χ1) is 11.6. The molecule has 13 heteroatoms. The third-order valence-electron chi connectivity index (χ3n) is 4.28. The fourth-order valence-corrected chi connectivity index (χ4v) is 2.47. The molecule has 0 aliphatic heterocycles. The Morgan fingerprint density at radius 3 is 1.48 bits per heavy atom. The zero-order valence-corrected chi connectivity index (χ0v) is 15.9. The van der Waals surface area contributed by atoms with Gasteiger partial charge in [-0.1, -0.05) is 37.6 Å². The van der Waals surface area contributed by atoms with Crippen LogP contribution in [0.4, 0.5) is 0 Å². The maximum atomic E-state index is 6.20. The Morgan fingerprint density at radius 2 is 1.12 bits per heavy atom. The van der Waals surface area contributed by atoms with Gasteiger partial charge >= 0.3 is 11.4 Å². The van der Waals surface area contributed by atoms with Gasteiger partial charge in [-0.15, -0.1) is 28.3 Å². The van der Waals surface area contributed by atoms with Crippen molar-refractivity contribution in [2.45, 2.75) is 64.8 Å². The zero-order valence-electron chi connectivity index (χ0n) is 15.9. The molecule has 0 saturated heterocycles. The summed E-state index contributed by atoms with van der Waals surface area (Å²) in [5, 5.41) is 9.00. The van der Waals surface area contributed by atoms with Crippen molar-refractivity contribution in [2.75, 3.05) is 14.2 Å². The minimum Gasteiger partial charge on any atom is -0.209 e. The third-order valence-corrected chi connectivity index (χ3v) is 4.28. The van der Waals surface area contributed by atoms with Crippen LogP contribution < -0.4 is 23.4 Å². The summed E-state index contributed by atoms with van der Waals surface area (Å²) in [6.45, 7) is 7.10. The van der Waals surface area contributed by atoms with E-state index in [-0.39, 0.29) is 12.8 Å². The summed E-state index contributed by atoms with van der Waals surface area (Å²) in [6, 6.07) is 0. The predicted molar refractivity (Wildman–Crippen MR) is 83.3 cm³/mol. The largest absolute Gasteiger partial charge is 0.326 e. The Labute approximate surface area is 147 Å². The second-order valence-corrected chi connectivity index (χ2v) is 5.44. The van der Waals surface area contributed by atoms with Crippen molar-refractivity contribution in [2.24, 2.45) is 23.4 Å². The van der Waals surface area contributed by atoms with Crippen molar-refractivity contribution in [3.8, 4) is 0 Å². The van der Waals surface area contributed by atoms with E-state index >= 15 is 0 Å². The van der Waals surface area contributed by atoms with Crippen LogP contribution in [-0.2, 0) is 34.6 Å². The first-order valence-corrected chi connectivity index (χ1v) is 7.98. The lowest BCUT2D eigenvalue weighted by Crippen LogP contribution is -2.82. The van der Waals surface area contributed by atoms with E-state index in [0.29, 0.717) is 12.8 Å². The minimum absolute atomic E-state index is 0.257. The van der Waals surface area contributed by atoms with Crippen LogP contribution in [0.5, 0.6) is 0 Å². The molecule has 0 spiro atoms. The van der Waals surface area contributed by atoms with Gasteiger partial charge in [-0.2, -0.15) is 0 Å². The molecule has 25 heavy (non-hydrogen) atoms. The van der Waals surface area contributed by atoms with Gasteiger partial charge in [-0.3, -0.25) is 0 Å². The van der Waals surface area contributed by atoms with E-state index in [0.717, 1.165) is 0 Å². The van der Waals surface area contributed by atoms with Gasteiger partial charge in [0, 0.05) is 40.4 Å². The number of nitrogens with two attached hydrogens (primary N) is 4. The summed E-state index contributed by atoms with van der Waals surface area (Å²) in [4.78, 5) is 22.6. The van der Waals surface area contributed by atoms with Gasteiger partial charge in [0.1, 0.15) is 0 Å². The molecule has 0 aromatic carbocycles. The average molecular weight is 374 g/mol. The van der Waals surface area contributed by atoms with Gasteiger partial charge in [-0.05, 0) is 5.04 Å². The summed E-state index contributed by atoms with van der Waals surface area (Å²) in [6.07, 6.45) is 1.14. The fourth-order valence-electron chi connectivity index (χ4n) is 2.47. The van der Waals surface area contributed by atoms with Crippen LogP contribution in [-0.4, -0.2) is 35.4 Å². The van der Waals surface area contributed by atoms with E-state index in [9.17, 15) is 0 Å². The predicted octanol–water partition coefficient (Wildman–Crippen LogP) is 0.0132. The molecule has 0 aliphatic carbocycles. The minimum atomic E-state index is -1.42. The molecular weight excluding hydrogens is 340 g/mol. The van der Waals surface area contributed by atoms with Crippen molar-refractivity contribution >= 4 is 0 Å². The van der Waals surface area contributed by atoms with Gasteiger partial charge in [0.05, 0.1) is 14.2 Å². The quantitative estimate of drug-likeness (QED) is 0.106. The van der Waals surface area contributed by atoms with Crippen molar-refractivity contribution < 1.29 is 44.3 Å². The molecule has 0 fully saturated rings. The first-order valence-electron chi connectivity index (χ1n) is 7.98. The van der Waals surface area contributed by atoms with Gasteiger partial charge in [0.25, 0.3) is 0 Å². The Kier molecular flexibility index (Phi) is 9.77. The van der Waals surface area contributed by atoms with Gasteiger partial charge < -0.3 is 0 Å². The third kappa shape index (κ3) is 5.24. The number of hydrogen-bond acceptors (Lipinski definition) is 11.